The Balaban J connectivity index is 2.16. The largest absolute Gasteiger partial charge is 0.340 e. The van der Waals surface area contributed by atoms with E-state index in [9.17, 15) is 13.2 Å². The highest BCUT2D eigenvalue weighted by atomic mass is 32.2. The highest BCUT2D eigenvalue weighted by Crippen LogP contribution is 2.22. The van der Waals surface area contributed by atoms with Crippen molar-refractivity contribution in [3.05, 3.63) is 29.3 Å². The molecule has 0 saturated carbocycles. The molecule has 122 valence electrons. The second-order valence-electron chi connectivity index (χ2n) is 6.15. The van der Waals surface area contributed by atoms with Crippen molar-refractivity contribution in [3.63, 3.8) is 0 Å². The molecule has 5 nitrogen and oxygen atoms in total. The minimum Gasteiger partial charge on any atom is -0.340 e. The smallest absolute Gasteiger partial charge is 0.243 e. The van der Waals surface area contributed by atoms with Gasteiger partial charge in [-0.25, -0.2) is 8.42 Å². The maximum atomic E-state index is 12.8. The van der Waals surface area contributed by atoms with Gasteiger partial charge in [0, 0.05) is 32.1 Å². The standard InChI is InChI=1S/C16H24N2O3S/c1-12(2)16(19)17-7-9-18(10-8-17)22(20,21)15-11-13(3)5-6-14(15)4/h5-6,11-12H,7-10H2,1-4H3. The summed E-state index contributed by atoms with van der Waals surface area (Å²) in [7, 11) is -3.49. The number of carbonyl (C=O) groups excluding carboxylic acids is 1. The molecular formula is C16H24N2O3S. The molecule has 0 spiro atoms. The Morgan fingerprint density at radius 1 is 1.09 bits per heavy atom. The summed E-state index contributed by atoms with van der Waals surface area (Å²) in [6.07, 6.45) is 0. The van der Waals surface area contributed by atoms with E-state index in [2.05, 4.69) is 0 Å². The first kappa shape index (κ1) is 17.0. The van der Waals surface area contributed by atoms with Crippen LogP contribution < -0.4 is 0 Å². The van der Waals surface area contributed by atoms with Gasteiger partial charge in [0.2, 0.25) is 15.9 Å². The third-order valence-corrected chi connectivity index (χ3v) is 6.05. The van der Waals surface area contributed by atoms with Crippen LogP contribution in [0.4, 0.5) is 0 Å². The van der Waals surface area contributed by atoms with E-state index in [0.717, 1.165) is 11.1 Å². The van der Waals surface area contributed by atoms with E-state index in [0.29, 0.717) is 31.1 Å². The predicted molar refractivity (Wildman–Crippen MR) is 86.1 cm³/mol. The highest BCUT2D eigenvalue weighted by Gasteiger charge is 2.31. The molecular weight excluding hydrogens is 300 g/mol. The summed E-state index contributed by atoms with van der Waals surface area (Å²) in [5, 5.41) is 0. The third-order valence-electron chi connectivity index (χ3n) is 4.01. The van der Waals surface area contributed by atoms with Crippen LogP contribution in [0.5, 0.6) is 0 Å². The molecule has 1 aromatic carbocycles. The Bertz CT molecular complexity index is 660. The normalized spacial score (nSPS) is 17.0. The highest BCUT2D eigenvalue weighted by molar-refractivity contribution is 7.89. The summed E-state index contributed by atoms with van der Waals surface area (Å²) >= 11 is 0. The molecule has 0 aromatic heterocycles. The third kappa shape index (κ3) is 3.33. The fraction of sp³-hybridized carbons (Fsp3) is 0.562. The maximum Gasteiger partial charge on any atom is 0.243 e. The van der Waals surface area contributed by atoms with Crippen molar-refractivity contribution in [2.24, 2.45) is 5.92 Å². The average Bonchev–Trinajstić information content (AvgIpc) is 2.48. The molecule has 0 N–H and O–H groups in total. The quantitative estimate of drug-likeness (QED) is 0.852. The Morgan fingerprint density at radius 3 is 2.23 bits per heavy atom. The summed E-state index contributed by atoms with van der Waals surface area (Å²) in [6.45, 7) is 9.05. The lowest BCUT2D eigenvalue weighted by atomic mass is 10.2. The van der Waals surface area contributed by atoms with Crippen LogP contribution in [0.1, 0.15) is 25.0 Å². The molecule has 0 atom stereocenters. The van der Waals surface area contributed by atoms with E-state index >= 15 is 0 Å². The topological polar surface area (TPSA) is 57.7 Å². The van der Waals surface area contributed by atoms with Gasteiger partial charge in [-0.3, -0.25) is 4.79 Å². The van der Waals surface area contributed by atoms with Crippen molar-refractivity contribution in [2.45, 2.75) is 32.6 Å². The summed E-state index contributed by atoms with van der Waals surface area (Å²) in [5.41, 5.74) is 1.68. The summed E-state index contributed by atoms with van der Waals surface area (Å²) < 4.78 is 27.1. The Kier molecular flexibility index (Phi) is 4.92. The number of nitrogens with zero attached hydrogens (tertiary/aromatic N) is 2. The molecule has 1 aliphatic heterocycles. The molecule has 2 rings (SSSR count). The molecule has 1 aliphatic rings. The van der Waals surface area contributed by atoms with Crippen molar-refractivity contribution in [2.75, 3.05) is 26.2 Å². The second kappa shape index (κ2) is 6.38. The van der Waals surface area contributed by atoms with Gasteiger partial charge in [0.25, 0.3) is 0 Å². The zero-order chi connectivity index (χ0) is 16.5. The van der Waals surface area contributed by atoms with Crippen LogP contribution in [0.3, 0.4) is 0 Å². The van der Waals surface area contributed by atoms with Gasteiger partial charge in [-0.15, -0.1) is 0 Å². The molecule has 1 aromatic rings. The molecule has 0 unspecified atom stereocenters. The number of carbonyl (C=O) groups is 1. The second-order valence-corrected chi connectivity index (χ2v) is 8.06. The van der Waals surface area contributed by atoms with Crippen LogP contribution in [0.2, 0.25) is 0 Å². The molecule has 1 saturated heterocycles. The van der Waals surface area contributed by atoms with Gasteiger partial charge < -0.3 is 4.90 Å². The molecule has 0 aliphatic carbocycles. The van der Waals surface area contributed by atoms with Gasteiger partial charge in [-0.1, -0.05) is 26.0 Å². The van der Waals surface area contributed by atoms with E-state index in [1.165, 1.54) is 4.31 Å². The van der Waals surface area contributed by atoms with Gasteiger partial charge in [0.05, 0.1) is 4.90 Å². The van der Waals surface area contributed by atoms with Gasteiger partial charge >= 0.3 is 0 Å². The molecule has 6 heteroatoms. The molecule has 22 heavy (non-hydrogen) atoms. The minimum absolute atomic E-state index is 0.0535. The maximum absolute atomic E-state index is 12.8. The van der Waals surface area contributed by atoms with Gasteiger partial charge in [0.15, 0.2) is 0 Å². The SMILES string of the molecule is Cc1ccc(C)c(S(=O)(=O)N2CCN(C(=O)C(C)C)CC2)c1. The summed E-state index contributed by atoms with van der Waals surface area (Å²) in [6, 6.07) is 5.46. The number of piperazine rings is 1. The first-order chi connectivity index (χ1) is 10.2. The van der Waals surface area contributed by atoms with Gasteiger partial charge in [-0.05, 0) is 31.0 Å². The number of sulfonamides is 1. The summed E-state index contributed by atoms with van der Waals surface area (Å²) in [5.74, 6) is 0.0333. The van der Waals surface area contributed by atoms with Crippen LogP contribution >= 0.6 is 0 Å². The molecule has 0 bridgehead atoms. The molecule has 1 amide bonds. The van der Waals surface area contributed by atoms with E-state index in [4.69, 9.17) is 0 Å². The first-order valence-electron chi connectivity index (χ1n) is 7.59. The fourth-order valence-corrected chi connectivity index (χ4v) is 4.37. The van der Waals surface area contributed by atoms with Crippen molar-refractivity contribution in [3.8, 4) is 0 Å². The number of hydrogen-bond acceptors (Lipinski definition) is 3. The van der Waals surface area contributed by atoms with Crippen molar-refractivity contribution >= 4 is 15.9 Å². The van der Waals surface area contributed by atoms with Crippen LogP contribution in [0, 0.1) is 19.8 Å². The lowest BCUT2D eigenvalue weighted by molar-refractivity contribution is -0.135. The van der Waals surface area contributed by atoms with Crippen LogP contribution in [0.15, 0.2) is 23.1 Å². The zero-order valence-electron chi connectivity index (χ0n) is 13.7. The van der Waals surface area contributed by atoms with Crippen LogP contribution in [-0.2, 0) is 14.8 Å². The Morgan fingerprint density at radius 2 is 1.68 bits per heavy atom. The number of aryl methyl sites for hydroxylation is 2. The molecule has 0 radical (unpaired) electrons. The summed E-state index contributed by atoms with van der Waals surface area (Å²) in [4.78, 5) is 14.1. The molecule has 1 heterocycles. The average molecular weight is 324 g/mol. The number of rotatable bonds is 3. The predicted octanol–water partition coefficient (Wildman–Crippen LogP) is 1.79. The van der Waals surface area contributed by atoms with Crippen molar-refractivity contribution in [1.82, 2.24) is 9.21 Å². The van der Waals surface area contributed by atoms with E-state index in [-0.39, 0.29) is 11.8 Å². The lowest BCUT2D eigenvalue weighted by Crippen LogP contribution is -2.51. The monoisotopic (exact) mass is 324 g/mol. The van der Waals surface area contributed by atoms with Crippen LogP contribution in [-0.4, -0.2) is 49.7 Å². The minimum atomic E-state index is -3.49. The lowest BCUT2D eigenvalue weighted by Gasteiger charge is -2.35. The number of hydrogen-bond donors (Lipinski definition) is 0. The van der Waals surface area contributed by atoms with Crippen molar-refractivity contribution < 1.29 is 13.2 Å². The zero-order valence-corrected chi connectivity index (χ0v) is 14.5. The molecule has 1 fully saturated rings. The van der Waals surface area contributed by atoms with Gasteiger partial charge in [-0.2, -0.15) is 4.31 Å². The number of benzene rings is 1. The van der Waals surface area contributed by atoms with Crippen molar-refractivity contribution in [1.29, 1.82) is 0 Å². The van der Waals surface area contributed by atoms with E-state index in [1.807, 2.05) is 39.8 Å². The Labute approximate surface area is 133 Å². The first-order valence-corrected chi connectivity index (χ1v) is 9.03. The van der Waals surface area contributed by atoms with E-state index in [1.54, 1.807) is 11.0 Å². The van der Waals surface area contributed by atoms with E-state index < -0.39 is 10.0 Å². The number of amides is 1. The fourth-order valence-electron chi connectivity index (χ4n) is 2.64. The Hall–Kier alpha value is -1.40. The van der Waals surface area contributed by atoms with Crippen LogP contribution in [0.25, 0.3) is 0 Å². The van der Waals surface area contributed by atoms with Gasteiger partial charge in [0.1, 0.15) is 0 Å².